The summed E-state index contributed by atoms with van der Waals surface area (Å²) in [6.07, 6.45) is 1.85. The predicted octanol–water partition coefficient (Wildman–Crippen LogP) is 4.01. The van der Waals surface area contributed by atoms with Gasteiger partial charge in [-0.25, -0.2) is 4.90 Å². The Balaban J connectivity index is 1.81. The molecule has 2 aliphatic heterocycles. The predicted molar refractivity (Wildman–Crippen MR) is 120 cm³/mol. The zero-order chi connectivity index (χ0) is 22.8. The van der Waals surface area contributed by atoms with Crippen molar-refractivity contribution in [2.45, 2.75) is 26.7 Å². The van der Waals surface area contributed by atoms with Crippen LogP contribution in [0.15, 0.2) is 54.2 Å². The second-order valence-electron chi connectivity index (χ2n) is 8.04. The molecule has 8 heteroatoms. The summed E-state index contributed by atoms with van der Waals surface area (Å²) in [7, 11) is 0. The number of nitrogens with zero attached hydrogens (tertiary/aromatic N) is 3. The summed E-state index contributed by atoms with van der Waals surface area (Å²) in [5.74, 6) is 0.152. The number of hydrogen-bond acceptors (Lipinski definition) is 6. The third-order valence-electron chi connectivity index (χ3n) is 5.93. The standard InChI is InChI=1S/C24H25N3O5/c1-3-32-20-7-5-4-6-19(20)26-23(28)21(17-8-10-18(11-9-17)27(30)31)22(24(26)29)25-14-12-16(2)13-15-25/h4-11,16H,3,12-15H2,1-2H3. The van der Waals surface area contributed by atoms with Crippen LogP contribution in [0.4, 0.5) is 11.4 Å². The number of likely N-dealkylation sites (tertiary alicyclic amines) is 1. The van der Waals surface area contributed by atoms with Gasteiger partial charge in [0, 0.05) is 25.2 Å². The first-order valence-corrected chi connectivity index (χ1v) is 10.8. The van der Waals surface area contributed by atoms with E-state index in [1.807, 2.05) is 11.8 Å². The number of hydrogen-bond donors (Lipinski definition) is 0. The van der Waals surface area contributed by atoms with E-state index in [1.165, 1.54) is 24.3 Å². The van der Waals surface area contributed by atoms with Crippen molar-refractivity contribution < 1.29 is 19.2 Å². The van der Waals surface area contributed by atoms with Crippen LogP contribution in [-0.4, -0.2) is 41.3 Å². The fraction of sp³-hybridized carbons (Fsp3) is 0.333. The normalized spacial score (nSPS) is 17.3. The number of piperidine rings is 1. The van der Waals surface area contributed by atoms with E-state index < -0.39 is 16.7 Å². The maximum atomic E-state index is 13.7. The molecule has 2 aromatic rings. The molecule has 1 fully saturated rings. The van der Waals surface area contributed by atoms with Crippen LogP contribution in [0.5, 0.6) is 5.75 Å². The summed E-state index contributed by atoms with van der Waals surface area (Å²) in [5, 5.41) is 11.1. The molecule has 1 saturated heterocycles. The van der Waals surface area contributed by atoms with Gasteiger partial charge in [-0.3, -0.25) is 19.7 Å². The second-order valence-corrected chi connectivity index (χ2v) is 8.04. The van der Waals surface area contributed by atoms with Crippen molar-refractivity contribution in [2.24, 2.45) is 5.92 Å². The highest BCUT2D eigenvalue weighted by Crippen LogP contribution is 2.39. The minimum Gasteiger partial charge on any atom is -0.492 e. The lowest BCUT2D eigenvalue weighted by atomic mass is 9.97. The van der Waals surface area contributed by atoms with Crippen molar-refractivity contribution in [1.82, 2.24) is 4.90 Å². The molecule has 166 valence electrons. The van der Waals surface area contributed by atoms with Crippen molar-refractivity contribution in [3.8, 4) is 5.75 Å². The third-order valence-corrected chi connectivity index (χ3v) is 5.93. The maximum Gasteiger partial charge on any atom is 0.282 e. The van der Waals surface area contributed by atoms with Crippen LogP contribution in [0.25, 0.3) is 5.57 Å². The maximum absolute atomic E-state index is 13.7. The van der Waals surface area contributed by atoms with Crippen LogP contribution in [-0.2, 0) is 9.59 Å². The highest BCUT2D eigenvalue weighted by Gasteiger charge is 2.44. The average molecular weight is 435 g/mol. The van der Waals surface area contributed by atoms with Crippen LogP contribution in [0.2, 0.25) is 0 Å². The monoisotopic (exact) mass is 435 g/mol. The molecule has 2 aromatic carbocycles. The smallest absolute Gasteiger partial charge is 0.282 e. The topological polar surface area (TPSA) is 93.0 Å². The lowest BCUT2D eigenvalue weighted by Gasteiger charge is -2.32. The second kappa shape index (κ2) is 8.82. The van der Waals surface area contributed by atoms with E-state index in [4.69, 9.17) is 4.74 Å². The molecule has 0 spiro atoms. The molecule has 2 amide bonds. The fourth-order valence-corrected chi connectivity index (χ4v) is 4.19. The van der Waals surface area contributed by atoms with E-state index in [9.17, 15) is 19.7 Å². The Morgan fingerprint density at radius 3 is 2.31 bits per heavy atom. The molecule has 2 heterocycles. The number of para-hydroxylation sites is 2. The van der Waals surface area contributed by atoms with E-state index in [0.29, 0.717) is 48.3 Å². The average Bonchev–Trinajstić information content (AvgIpc) is 3.05. The van der Waals surface area contributed by atoms with E-state index in [1.54, 1.807) is 24.3 Å². The van der Waals surface area contributed by atoms with Gasteiger partial charge in [0.1, 0.15) is 11.4 Å². The number of nitro groups is 1. The summed E-state index contributed by atoms with van der Waals surface area (Å²) >= 11 is 0. The zero-order valence-corrected chi connectivity index (χ0v) is 18.1. The van der Waals surface area contributed by atoms with Gasteiger partial charge in [0.2, 0.25) is 0 Å². The Bertz CT molecular complexity index is 1090. The summed E-state index contributed by atoms with van der Waals surface area (Å²) < 4.78 is 5.67. The largest absolute Gasteiger partial charge is 0.492 e. The Hall–Kier alpha value is -3.68. The molecule has 0 unspecified atom stereocenters. The number of anilines is 1. The van der Waals surface area contributed by atoms with Gasteiger partial charge in [-0.2, -0.15) is 0 Å². The molecule has 0 bridgehead atoms. The molecule has 4 rings (SSSR count). The van der Waals surface area contributed by atoms with Crippen molar-refractivity contribution in [1.29, 1.82) is 0 Å². The van der Waals surface area contributed by atoms with Gasteiger partial charge in [-0.1, -0.05) is 19.1 Å². The molecule has 2 aliphatic rings. The molecule has 32 heavy (non-hydrogen) atoms. The molecule has 0 N–H and O–H groups in total. The van der Waals surface area contributed by atoms with Gasteiger partial charge in [0.05, 0.1) is 22.8 Å². The van der Waals surface area contributed by atoms with E-state index in [0.717, 1.165) is 17.7 Å². The number of non-ortho nitro benzene ring substituents is 1. The zero-order valence-electron chi connectivity index (χ0n) is 18.1. The molecule has 0 aliphatic carbocycles. The Labute approximate surface area is 186 Å². The quantitative estimate of drug-likeness (QED) is 0.387. The Kier molecular flexibility index (Phi) is 5.94. The van der Waals surface area contributed by atoms with E-state index in [2.05, 4.69) is 6.92 Å². The number of benzene rings is 2. The number of nitro benzene ring substituents is 1. The van der Waals surface area contributed by atoms with Crippen LogP contribution in [0.1, 0.15) is 32.3 Å². The first-order chi connectivity index (χ1) is 15.4. The van der Waals surface area contributed by atoms with Crippen molar-refractivity contribution >= 4 is 28.8 Å². The number of carbonyl (C=O) groups excluding carboxylic acids is 2. The minimum atomic E-state index is -0.489. The highest BCUT2D eigenvalue weighted by molar-refractivity contribution is 6.45. The van der Waals surface area contributed by atoms with Gasteiger partial charge in [-0.05, 0) is 55.5 Å². The number of rotatable bonds is 6. The van der Waals surface area contributed by atoms with E-state index >= 15 is 0 Å². The van der Waals surface area contributed by atoms with Gasteiger partial charge in [0.15, 0.2) is 0 Å². The molecule has 8 nitrogen and oxygen atoms in total. The summed E-state index contributed by atoms with van der Waals surface area (Å²) in [4.78, 5) is 41.0. The van der Waals surface area contributed by atoms with Crippen LogP contribution in [0.3, 0.4) is 0 Å². The summed E-state index contributed by atoms with van der Waals surface area (Å²) in [5.41, 5.74) is 1.42. The number of amides is 2. The summed E-state index contributed by atoms with van der Waals surface area (Å²) in [6.45, 7) is 5.76. The lowest BCUT2D eigenvalue weighted by Crippen LogP contribution is -2.38. The molecule has 0 aromatic heterocycles. The van der Waals surface area contributed by atoms with Gasteiger partial charge < -0.3 is 9.64 Å². The highest BCUT2D eigenvalue weighted by atomic mass is 16.6. The third kappa shape index (κ3) is 3.84. The molecular weight excluding hydrogens is 410 g/mol. The van der Waals surface area contributed by atoms with Gasteiger partial charge in [-0.15, -0.1) is 0 Å². The molecule has 0 radical (unpaired) electrons. The fourth-order valence-electron chi connectivity index (χ4n) is 4.19. The number of carbonyl (C=O) groups is 2. The van der Waals surface area contributed by atoms with Gasteiger partial charge in [0.25, 0.3) is 17.5 Å². The Morgan fingerprint density at radius 1 is 1.03 bits per heavy atom. The minimum absolute atomic E-state index is 0.0713. The SMILES string of the molecule is CCOc1ccccc1N1C(=O)C(c2ccc([N+](=O)[O-])cc2)=C(N2CCC(C)CC2)C1=O. The van der Waals surface area contributed by atoms with Crippen LogP contribution in [0, 0.1) is 16.0 Å². The molecule has 0 saturated carbocycles. The van der Waals surface area contributed by atoms with Crippen LogP contribution >= 0.6 is 0 Å². The van der Waals surface area contributed by atoms with Gasteiger partial charge >= 0.3 is 0 Å². The molecule has 0 atom stereocenters. The summed E-state index contributed by atoms with van der Waals surface area (Å²) in [6, 6.07) is 12.7. The van der Waals surface area contributed by atoms with Crippen molar-refractivity contribution in [2.75, 3.05) is 24.6 Å². The number of imide groups is 1. The first kappa shape index (κ1) is 21.5. The van der Waals surface area contributed by atoms with Crippen LogP contribution < -0.4 is 9.64 Å². The lowest BCUT2D eigenvalue weighted by molar-refractivity contribution is -0.384. The Morgan fingerprint density at radius 2 is 1.69 bits per heavy atom. The first-order valence-electron chi connectivity index (χ1n) is 10.8. The number of ether oxygens (including phenoxy) is 1. The van der Waals surface area contributed by atoms with Crippen molar-refractivity contribution in [3.05, 3.63) is 69.9 Å². The van der Waals surface area contributed by atoms with E-state index in [-0.39, 0.29) is 11.3 Å². The van der Waals surface area contributed by atoms with Crippen molar-refractivity contribution in [3.63, 3.8) is 0 Å². The molecular formula is C24H25N3O5.